The molecule has 0 fully saturated rings. The molecule has 16 rings (SSSR count). The summed E-state index contributed by atoms with van der Waals surface area (Å²) in [6.45, 7) is 7.80. The molecule has 0 aromatic heterocycles. The van der Waals surface area contributed by atoms with Gasteiger partial charge in [0.15, 0.2) is 0 Å². The highest BCUT2D eigenvalue weighted by Gasteiger charge is 2.45. The number of rotatable bonds is 9. The Kier molecular flexibility index (Phi) is 12.6. The Morgan fingerprint density at radius 2 is 0.976 bits per heavy atom. The van der Waals surface area contributed by atoms with Crippen LogP contribution in [0.1, 0.15) is 54.9 Å². The minimum atomic E-state index is -0.709. The van der Waals surface area contributed by atoms with Gasteiger partial charge in [-0.05, 0) is 201 Å². The maximum absolute atomic E-state index is 3.46. The highest BCUT2D eigenvalue weighted by Crippen LogP contribution is 2.55. The minimum Gasteiger partial charge on any atom is -0.327 e. The van der Waals surface area contributed by atoms with Crippen molar-refractivity contribution in [3.8, 4) is 11.1 Å². The Morgan fingerprint density at radius 1 is 0.464 bits per heavy atom. The molecule has 0 N–H and O–H groups in total. The molecule has 14 aromatic carbocycles. The lowest BCUT2D eigenvalue weighted by molar-refractivity contribution is 0.543. The first-order chi connectivity index (χ1) is 41.4. The molecule has 0 heterocycles. The van der Waals surface area contributed by atoms with E-state index >= 15 is 0 Å². The smallest absolute Gasteiger partial charge is 0.0996 e. The number of benzene rings is 14. The van der Waals surface area contributed by atoms with Crippen molar-refractivity contribution < 1.29 is 0 Å². The van der Waals surface area contributed by atoms with Crippen molar-refractivity contribution in [1.82, 2.24) is 0 Å². The molecule has 0 bridgehead atoms. The van der Waals surface area contributed by atoms with E-state index in [4.69, 9.17) is 0 Å². The summed E-state index contributed by atoms with van der Waals surface area (Å²) in [5.74, 6) is 0.391. The number of hydrogen-bond donors (Lipinski definition) is 0. The lowest BCUT2D eigenvalue weighted by atomic mass is 9.71. The van der Waals surface area contributed by atoms with Crippen LogP contribution in [0.4, 0.5) is 28.4 Å². The van der Waals surface area contributed by atoms with Crippen LogP contribution in [-0.4, -0.2) is 0 Å². The second kappa shape index (κ2) is 20.9. The van der Waals surface area contributed by atoms with Crippen molar-refractivity contribution in [1.29, 1.82) is 0 Å². The quantitative estimate of drug-likeness (QED) is 0.133. The Bertz CT molecular complexity index is 4980. The summed E-state index contributed by atoms with van der Waals surface area (Å²) in [7, 11) is 0. The molecule has 2 aliphatic rings. The van der Waals surface area contributed by atoms with Crippen molar-refractivity contribution in [3.63, 3.8) is 0 Å². The third-order valence-corrected chi connectivity index (χ3v) is 18.0. The third kappa shape index (κ3) is 8.56. The highest BCUT2D eigenvalue weighted by molar-refractivity contribution is 6.22. The molecule has 0 spiro atoms. The summed E-state index contributed by atoms with van der Waals surface area (Å²) in [5.41, 5.74) is 12.6. The second-order valence-electron chi connectivity index (χ2n) is 22.8. The Hall–Kier alpha value is -10.3. The Balaban J connectivity index is 0.00000115. The molecule has 2 nitrogen and oxygen atoms in total. The summed E-state index contributed by atoms with van der Waals surface area (Å²) < 4.78 is 0. The zero-order valence-corrected chi connectivity index (χ0v) is 47.4. The molecule has 0 amide bonds. The normalized spacial score (nSPS) is 15.4. The SMILES string of the molecule is C=C/C=C\C.CC1CC=Cc2ccc(N(c3ccc4ccccc4c3)C3(c4ccc5ccccc5c4)CC=c4ccc5c(-c6ccc7ccccc7c6)cc(N(c6ccc7ccccc7c6)c6ccc7ccccc7c6)c6ccc3c4c56)cc21. The second-order valence-corrected chi connectivity index (χ2v) is 22.8. The lowest BCUT2D eigenvalue weighted by Gasteiger charge is -2.48. The van der Waals surface area contributed by atoms with Gasteiger partial charge >= 0.3 is 0 Å². The first kappa shape index (κ1) is 50.7. The van der Waals surface area contributed by atoms with Gasteiger partial charge in [0, 0.05) is 28.1 Å². The maximum Gasteiger partial charge on any atom is 0.0996 e. The van der Waals surface area contributed by atoms with Gasteiger partial charge in [0.25, 0.3) is 0 Å². The van der Waals surface area contributed by atoms with E-state index in [1.54, 1.807) is 6.08 Å². The molecule has 0 radical (unpaired) electrons. The molecule has 400 valence electrons. The van der Waals surface area contributed by atoms with Crippen LogP contribution in [-0.2, 0) is 5.54 Å². The molecule has 84 heavy (non-hydrogen) atoms. The number of fused-ring (bicyclic) bond motifs is 6. The largest absolute Gasteiger partial charge is 0.327 e. The number of nitrogens with zero attached hydrogens (tertiary/aromatic N) is 2. The van der Waals surface area contributed by atoms with Crippen LogP contribution in [0.5, 0.6) is 0 Å². The van der Waals surface area contributed by atoms with Gasteiger partial charge in [0.1, 0.15) is 0 Å². The van der Waals surface area contributed by atoms with Crippen LogP contribution in [0.15, 0.2) is 292 Å². The average Bonchev–Trinajstić information content (AvgIpc) is 0.749. The van der Waals surface area contributed by atoms with E-state index in [0.717, 1.165) is 35.6 Å². The summed E-state index contributed by atoms with van der Waals surface area (Å²) in [6.07, 6.45) is 14.6. The van der Waals surface area contributed by atoms with Crippen LogP contribution in [0.3, 0.4) is 0 Å². The summed E-state index contributed by atoms with van der Waals surface area (Å²) in [6, 6.07) is 98.8. The Morgan fingerprint density at radius 3 is 1.57 bits per heavy atom. The molecule has 0 aliphatic heterocycles. The molecular formula is C82H62N2. The minimum absolute atomic E-state index is 0.391. The van der Waals surface area contributed by atoms with Crippen LogP contribution >= 0.6 is 0 Å². The fourth-order valence-electron chi connectivity index (χ4n) is 13.9. The summed E-state index contributed by atoms with van der Waals surface area (Å²) in [4.78, 5) is 5.25. The maximum atomic E-state index is 3.46. The molecule has 0 saturated carbocycles. The molecule has 0 saturated heterocycles. The first-order valence-electron chi connectivity index (χ1n) is 29.6. The van der Waals surface area contributed by atoms with Gasteiger partial charge in [-0.1, -0.05) is 244 Å². The van der Waals surface area contributed by atoms with Crippen LogP contribution in [0.25, 0.3) is 98.7 Å². The van der Waals surface area contributed by atoms with Crippen LogP contribution in [0, 0.1) is 0 Å². The van der Waals surface area contributed by atoms with Gasteiger partial charge < -0.3 is 9.80 Å². The lowest BCUT2D eigenvalue weighted by Crippen LogP contribution is -2.46. The monoisotopic (exact) mass is 1070 g/mol. The predicted molar refractivity (Wildman–Crippen MR) is 363 cm³/mol. The zero-order chi connectivity index (χ0) is 56.3. The van der Waals surface area contributed by atoms with Crippen molar-refractivity contribution in [3.05, 3.63) is 319 Å². The van der Waals surface area contributed by atoms with Gasteiger partial charge in [-0.15, -0.1) is 0 Å². The van der Waals surface area contributed by atoms with E-state index < -0.39 is 5.54 Å². The molecular weight excluding hydrogens is 1010 g/mol. The fourth-order valence-corrected chi connectivity index (χ4v) is 13.9. The molecule has 2 aliphatic carbocycles. The number of anilines is 5. The van der Waals surface area contributed by atoms with E-state index in [0.29, 0.717) is 5.92 Å². The predicted octanol–water partition coefficient (Wildman–Crippen LogP) is 22.1. The van der Waals surface area contributed by atoms with Gasteiger partial charge in [-0.3, -0.25) is 0 Å². The number of allylic oxidation sites excluding steroid dienone is 4. The van der Waals surface area contributed by atoms with Crippen molar-refractivity contribution in [2.45, 2.75) is 38.1 Å². The number of hydrogen-bond acceptors (Lipinski definition) is 2. The molecule has 2 unspecified atom stereocenters. The summed E-state index contributed by atoms with van der Waals surface area (Å²) in [5, 5.41) is 18.5. The molecule has 2 atom stereocenters. The molecule has 2 heteroatoms. The third-order valence-electron chi connectivity index (χ3n) is 18.0. The first-order valence-corrected chi connectivity index (χ1v) is 29.6. The van der Waals surface area contributed by atoms with E-state index in [1.807, 2.05) is 19.1 Å². The van der Waals surface area contributed by atoms with Crippen molar-refractivity contribution in [2.24, 2.45) is 0 Å². The summed E-state index contributed by atoms with van der Waals surface area (Å²) >= 11 is 0. The zero-order valence-electron chi connectivity index (χ0n) is 47.4. The van der Waals surface area contributed by atoms with Gasteiger partial charge in [-0.25, -0.2) is 0 Å². The molecule has 14 aromatic rings. The van der Waals surface area contributed by atoms with Gasteiger partial charge in [0.05, 0.1) is 11.2 Å². The van der Waals surface area contributed by atoms with Crippen molar-refractivity contribution in [2.75, 3.05) is 9.80 Å². The average molecular weight is 1080 g/mol. The van der Waals surface area contributed by atoms with E-state index in [1.165, 1.54) is 120 Å². The van der Waals surface area contributed by atoms with Crippen LogP contribution < -0.4 is 15.0 Å². The standard InChI is InChI=1S/C77H54N2.C5H8/c1-50-13-12-24-56-31-37-68(48-71(50)56)79(67-36-30-55-18-6-11-23-62(55)47-67)77(64-33-27-52-15-3-8-20-59(52)44-64)42-41-57-32-38-69-72(63-26-25-51-14-2-7-19-58(51)43-63)49-74(70-39-40-73(77)75(57)76(69)70)78(65-34-28-53-16-4-9-21-60(53)45-65)66-35-29-54-17-5-10-22-61(54)46-66;1-3-5-4-2/h2-12,14-41,43-50H,13,42H2,1H3;3-5H,1H2,2H3/b;5-4-. The highest BCUT2D eigenvalue weighted by atomic mass is 15.2. The Labute approximate surface area is 491 Å². The van der Waals surface area contributed by atoms with Gasteiger partial charge in [-0.2, -0.15) is 0 Å². The topological polar surface area (TPSA) is 6.48 Å². The van der Waals surface area contributed by atoms with Crippen molar-refractivity contribution >= 4 is 116 Å². The van der Waals surface area contributed by atoms with Crippen LogP contribution in [0.2, 0.25) is 0 Å². The fraction of sp³-hybridized carbons (Fsp3) is 0.0732. The van der Waals surface area contributed by atoms with E-state index in [9.17, 15) is 0 Å². The van der Waals surface area contributed by atoms with E-state index in [2.05, 4.69) is 302 Å². The van der Waals surface area contributed by atoms with Gasteiger partial charge in [0.2, 0.25) is 0 Å². The van der Waals surface area contributed by atoms with E-state index in [-0.39, 0.29) is 0 Å².